The van der Waals surface area contributed by atoms with Crippen molar-refractivity contribution < 1.29 is 23.6 Å². The standard InChI is InChI=1S/C17H17FN2O5/c1-24-14-7-6-11(10-15(14)25-2)8-9-19-17(21)16-12(18)4-3-5-13(16)20(22)23/h3-7,10H,8-9H2,1-2H3,(H,19,21). The topological polar surface area (TPSA) is 90.7 Å². The Bertz CT molecular complexity index is 795. The molecule has 0 bridgehead atoms. The second-order valence-electron chi connectivity index (χ2n) is 5.09. The van der Waals surface area contributed by atoms with Crippen LogP contribution in [0.3, 0.4) is 0 Å². The third-order valence-corrected chi connectivity index (χ3v) is 3.56. The molecule has 25 heavy (non-hydrogen) atoms. The molecule has 132 valence electrons. The van der Waals surface area contributed by atoms with Crippen molar-refractivity contribution in [2.24, 2.45) is 0 Å². The number of methoxy groups -OCH3 is 2. The van der Waals surface area contributed by atoms with Crippen LogP contribution in [-0.4, -0.2) is 31.6 Å². The zero-order valence-corrected chi connectivity index (χ0v) is 13.7. The highest BCUT2D eigenvalue weighted by atomic mass is 19.1. The fourth-order valence-electron chi connectivity index (χ4n) is 2.33. The van der Waals surface area contributed by atoms with E-state index in [0.29, 0.717) is 17.9 Å². The van der Waals surface area contributed by atoms with Crippen molar-refractivity contribution in [1.29, 1.82) is 0 Å². The molecule has 0 unspecified atom stereocenters. The quantitative estimate of drug-likeness (QED) is 0.614. The Balaban J connectivity index is 2.06. The molecule has 0 aliphatic heterocycles. The second kappa shape index (κ2) is 8.09. The van der Waals surface area contributed by atoms with Crippen LogP contribution in [-0.2, 0) is 6.42 Å². The molecular weight excluding hydrogens is 331 g/mol. The van der Waals surface area contributed by atoms with Gasteiger partial charge in [0.2, 0.25) is 0 Å². The summed E-state index contributed by atoms with van der Waals surface area (Å²) in [6.07, 6.45) is 0.439. The summed E-state index contributed by atoms with van der Waals surface area (Å²) in [6, 6.07) is 8.59. The van der Waals surface area contributed by atoms with E-state index in [1.165, 1.54) is 20.3 Å². The van der Waals surface area contributed by atoms with Crippen LogP contribution < -0.4 is 14.8 Å². The minimum Gasteiger partial charge on any atom is -0.493 e. The molecule has 2 aromatic rings. The lowest BCUT2D eigenvalue weighted by Crippen LogP contribution is -2.27. The number of carbonyl (C=O) groups is 1. The minimum atomic E-state index is -0.933. The van der Waals surface area contributed by atoms with Crippen LogP contribution in [0.15, 0.2) is 36.4 Å². The lowest BCUT2D eigenvalue weighted by Gasteiger charge is -2.10. The molecule has 0 saturated carbocycles. The minimum absolute atomic E-state index is 0.180. The highest BCUT2D eigenvalue weighted by molar-refractivity contribution is 5.98. The van der Waals surface area contributed by atoms with Gasteiger partial charge in [-0.1, -0.05) is 12.1 Å². The summed E-state index contributed by atoms with van der Waals surface area (Å²) in [5.74, 6) is -0.628. The number of nitro groups is 1. The van der Waals surface area contributed by atoms with Crippen LogP contribution in [0, 0.1) is 15.9 Å². The maximum absolute atomic E-state index is 13.8. The first-order valence-electron chi connectivity index (χ1n) is 7.40. The zero-order chi connectivity index (χ0) is 18.4. The van der Waals surface area contributed by atoms with Crippen LogP contribution in [0.25, 0.3) is 0 Å². The van der Waals surface area contributed by atoms with E-state index in [0.717, 1.165) is 17.7 Å². The number of ether oxygens (including phenoxy) is 2. The van der Waals surface area contributed by atoms with E-state index in [2.05, 4.69) is 5.32 Å². The first kappa shape index (κ1) is 18.2. The van der Waals surface area contributed by atoms with Crippen LogP contribution in [0.2, 0.25) is 0 Å². The Morgan fingerprint density at radius 2 is 1.92 bits per heavy atom. The van der Waals surface area contributed by atoms with Crippen molar-refractivity contribution in [2.75, 3.05) is 20.8 Å². The predicted octanol–water partition coefficient (Wildman–Crippen LogP) is 2.72. The van der Waals surface area contributed by atoms with Gasteiger partial charge in [-0.05, 0) is 30.2 Å². The van der Waals surface area contributed by atoms with Gasteiger partial charge in [-0.2, -0.15) is 0 Å². The molecular formula is C17H17FN2O5. The number of hydrogen-bond donors (Lipinski definition) is 1. The van der Waals surface area contributed by atoms with Gasteiger partial charge in [0.15, 0.2) is 17.1 Å². The SMILES string of the molecule is COc1ccc(CCNC(=O)c2c(F)cccc2[N+](=O)[O-])cc1OC. The maximum atomic E-state index is 13.8. The van der Waals surface area contributed by atoms with Gasteiger partial charge in [0.05, 0.1) is 19.1 Å². The molecule has 0 atom stereocenters. The Morgan fingerprint density at radius 1 is 1.20 bits per heavy atom. The van der Waals surface area contributed by atoms with Crippen molar-refractivity contribution in [3.05, 3.63) is 63.5 Å². The van der Waals surface area contributed by atoms with Gasteiger partial charge >= 0.3 is 0 Å². The molecule has 0 aliphatic rings. The van der Waals surface area contributed by atoms with Gasteiger partial charge in [-0.25, -0.2) is 4.39 Å². The lowest BCUT2D eigenvalue weighted by molar-refractivity contribution is -0.385. The van der Waals surface area contributed by atoms with Gasteiger partial charge < -0.3 is 14.8 Å². The molecule has 1 N–H and O–H groups in total. The summed E-state index contributed by atoms with van der Waals surface area (Å²) in [5.41, 5.74) is -0.274. The second-order valence-corrected chi connectivity index (χ2v) is 5.09. The predicted molar refractivity (Wildman–Crippen MR) is 88.6 cm³/mol. The third kappa shape index (κ3) is 4.23. The fraction of sp³-hybridized carbons (Fsp3) is 0.235. The van der Waals surface area contributed by atoms with Crippen molar-refractivity contribution in [2.45, 2.75) is 6.42 Å². The zero-order valence-electron chi connectivity index (χ0n) is 13.7. The van der Waals surface area contributed by atoms with Gasteiger partial charge in [0.25, 0.3) is 11.6 Å². The van der Waals surface area contributed by atoms with Gasteiger partial charge in [0, 0.05) is 12.6 Å². The van der Waals surface area contributed by atoms with Crippen molar-refractivity contribution in [3.8, 4) is 11.5 Å². The van der Waals surface area contributed by atoms with Crippen LogP contribution >= 0.6 is 0 Å². The number of hydrogen-bond acceptors (Lipinski definition) is 5. The van der Waals surface area contributed by atoms with Gasteiger partial charge in [0.1, 0.15) is 5.82 Å². The summed E-state index contributed by atoms with van der Waals surface area (Å²) < 4.78 is 24.1. The van der Waals surface area contributed by atoms with Crippen LogP contribution in [0.5, 0.6) is 11.5 Å². The Labute approximate surface area is 143 Å². The molecule has 1 amide bonds. The molecule has 0 saturated heterocycles. The molecule has 0 radical (unpaired) electrons. The summed E-state index contributed by atoms with van der Waals surface area (Å²) in [6.45, 7) is 0.180. The summed E-state index contributed by atoms with van der Waals surface area (Å²) in [7, 11) is 3.04. The number of nitro benzene ring substituents is 1. The normalized spacial score (nSPS) is 10.2. The van der Waals surface area contributed by atoms with E-state index in [1.54, 1.807) is 18.2 Å². The highest BCUT2D eigenvalue weighted by Crippen LogP contribution is 2.27. The number of nitrogens with one attached hydrogen (secondary N) is 1. The molecule has 0 heterocycles. The summed E-state index contributed by atoms with van der Waals surface area (Å²) in [4.78, 5) is 22.3. The van der Waals surface area contributed by atoms with E-state index >= 15 is 0 Å². The van der Waals surface area contributed by atoms with Crippen molar-refractivity contribution in [3.63, 3.8) is 0 Å². The van der Waals surface area contributed by atoms with Crippen molar-refractivity contribution >= 4 is 11.6 Å². The van der Waals surface area contributed by atoms with Gasteiger partial charge in [-0.15, -0.1) is 0 Å². The highest BCUT2D eigenvalue weighted by Gasteiger charge is 2.24. The summed E-state index contributed by atoms with van der Waals surface area (Å²) >= 11 is 0. The molecule has 0 spiro atoms. The van der Waals surface area contributed by atoms with Crippen LogP contribution in [0.4, 0.5) is 10.1 Å². The Kier molecular flexibility index (Phi) is 5.89. The van der Waals surface area contributed by atoms with Gasteiger partial charge in [-0.3, -0.25) is 14.9 Å². The molecule has 0 fully saturated rings. The lowest BCUT2D eigenvalue weighted by atomic mass is 10.1. The molecule has 0 aromatic heterocycles. The van der Waals surface area contributed by atoms with E-state index < -0.39 is 27.9 Å². The van der Waals surface area contributed by atoms with E-state index in [1.807, 2.05) is 0 Å². The molecule has 0 aliphatic carbocycles. The maximum Gasteiger partial charge on any atom is 0.285 e. The summed E-state index contributed by atoms with van der Waals surface area (Å²) in [5, 5.41) is 13.4. The number of rotatable bonds is 7. The molecule has 7 nitrogen and oxygen atoms in total. The largest absolute Gasteiger partial charge is 0.493 e. The first-order valence-corrected chi connectivity index (χ1v) is 7.40. The van der Waals surface area contributed by atoms with Crippen molar-refractivity contribution in [1.82, 2.24) is 5.32 Å². The van der Waals surface area contributed by atoms with Crippen LogP contribution in [0.1, 0.15) is 15.9 Å². The van der Waals surface area contributed by atoms with E-state index in [-0.39, 0.29) is 6.54 Å². The fourth-order valence-corrected chi connectivity index (χ4v) is 2.33. The molecule has 2 aromatic carbocycles. The number of amides is 1. The first-order chi connectivity index (χ1) is 12.0. The average Bonchev–Trinajstić information content (AvgIpc) is 2.61. The number of benzene rings is 2. The average molecular weight is 348 g/mol. The molecule has 2 rings (SSSR count). The van der Waals surface area contributed by atoms with E-state index in [9.17, 15) is 19.3 Å². The van der Waals surface area contributed by atoms with E-state index in [4.69, 9.17) is 9.47 Å². The third-order valence-electron chi connectivity index (χ3n) is 3.56. The molecule has 8 heteroatoms. The Hall–Kier alpha value is -3.16. The Morgan fingerprint density at radius 3 is 2.56 bits per heavy atom. The monoisotopic (exact) mass is 348 g/mol. The number of carbonyl (C=O) groups excluding carboxylic acids is 1. The number of nitrogens with zero attached hydrogens (tertiary/aromatic N) is 1. The number of halogens is 1. The smallest absolute Gasteiger partial charge is 0.285 e.